The third kappa shape index (κ3) is 5.87. The fourth-order valence-electron chi connectivity index (χ4n) is 2.66. The van der Waals surface area contributed by atoms with Crippen LogP contribution in [0.1, 0.15) is 31.0 Å². The van der Waals surface area contributed by atoms with Crippen LogP contribution in [0, 0.1) is 6.92 Å². The highest BCUT2D eigenvalue weighted by Crippen LogP contribution is 2.25. The molecule has 0 aromatic heterocycles. The van der Waals surface area contributed by atoms with Crippen LogP contribution in [0.5, 0.6) is 5.75 Å². The van der Waals surface area contributed by atoms with Crippen LogP contribution in [0.25, 0.3) is 0 Å². The summed E-state index contributed by atoms with van der Waals surface area (Å²) < 4.78 is 30.9. The normalized spacial score (nSPS) is 12.3. The number of carbonyl (C=O) groups excluding carboxylic acids is 1. The minimum absolute atomic E-state index is 0.286. The quantitative estimate of drug-likeness (QED) is 0.701. The zero-order valence-corrected chi connectivity index (χ0v) is 18.0. The van der Waals surface area contributed by atoms with Crippen molar-refractivity contribution in [2.24, 2.45) is 0 Å². The lowest BCUT2D eigenvalue weighted by molar-refractivity contribution is -0.120. The summed E-state index contributed by atoms with van der Waals surface area (Å²) in [5.41, 5.74) is 2.07. The predicted molar refractivity (Wildman–Crippen MR) is 113 cm³/mol. The second-order valence-corrected chi connectivity index (χ2v) is 8.81. The highest BCUT2D eigenvalue weighted by Gasteiger charge is 2.22. The first kappa shape index (κ1) is 22.0. The lowest BCUT2D eigenvalue weighted by atomic mass is 10.1. The van der Waals surface area contributed by atoms with E-state index in [1.165, 1.54) is 0 Å². The summed E-state index contributed by atoms with van der Waals surface area (Å²) in [6, 6.07) is 12.0. The number of anilines is 1. The van der Waals surface area contributed by atoms with Crippen LogP contribution in [0.3, 0.4) is 0 Å². The van der Waals surface area contributed by atoms with Gasteiger partial charge in [0.05, 0.1) is 24.6 Å². The molecule has 0 aliphatic rings. The molecule has 1 N–H and O–H groups in total. The maximum atomic E-state index is 12.5. The molecule has 0 fully saturated rings. The van der Waals surface area contributed by atoms with Gasteiger partial charge >= 0.3 is 0 Å². The van der Waals surface area contributed by atoms with Crippen molar-refractivity contribution in [2.45, 2.75) is 26.8 Å². The third-order valence-electron chi connectivity index (χ3n) is 4.20. The van der Waals surface area contributed by atoms with Gasteiger partial charge in [-0.2, -0.15) is 0 Å². The predicted octanol–water partition coefficient (Wildman–Crippen LogP) is 3.69. The van der Waals surface area contributed by atoms with Gasteiger partial charge in [0.25, 0.3) is 0 Å². The zero-order chi connectivity index (χ0) is 20.9. The fraction of sp³-hybridized carbons (Fsp3) is 0.350. The number of hydrogen-bond acceptors (Lipinski definition) is 4. The van der Waals surface area contributed by atoms with Crippen LogP contribution in [0.15, 0.2) is 42.5 Å². The second kappa shape index (κ2) is 9.30. The summed E-state index contributed by atoms with van der Waals surface area (Å²) in [6.07, 6.45) is 1.06. The van der Waals surface area contributed by atoms with E-state index in [0.29, 0.717) is 17.3 Å². The van der Waals surface area contributed by atoms with Gasteiger partial charge in [-0.3, -0.25) is 9.10 Å². The molecule has 28 heavy (non-hydrogen) atoms. The number of rotatable bonds is 8. The highest BCUT2D eigenvalue weighted by molar-refractivity contribution is 7.92. The molecule has 0 saturated heterocycles. The number of amides is 1. The van der Waals surface area contributed by atoms with E-state index in [1.54, 1.807) is 18.2 Å². The molecule has 2 rings (SSSR count). The number of nitrogens with zero attached hydrogens (tertiary/aromatic N) is 1. The number of halogens is 1. The van der Waals surface area contributed by atoms with Crippen molar-refractivity contribution in [3.05, 3.63) is 58.6 Å². The molecule has 0 heterocycles. The summed E-state index contributed by atoms with van der Waals surface area (Å²) in [7, 11) is -3.66. The van der Waals surface area contributed by atoms with Crippen LogP contribution in [0.2, 0.25) is 5.02 Å². The Balaban J connectivity index is 2.12. The number of carbonyl (C=O) groups is 1. The molecule has 0 unspecified atom stereocenters. The summed E-state index contributed by atoms with van der Waals surface area (Å²) in [4.78, 5) is 12.5. The molecule has 2 aromatic carbocycles. The zero-order valence-electron chi connectivity index (χ0n) is 16.4. The summed E-state index contributed by atoms with van der Waals surface area (Å²) >= 11 is 6.11. The molecule has 2 aromatic rings. The van der Waals surface area contributed by atoms with Gasteiger partial charge in [-0.25, -0.2) is 8.42 Å². The number of nitrogens with one attached hydrogen (secondary N) is 1. The second-order valence-electron chi connectivity index (χ2n) is 6.49. The minimum atomic E-state index is -3.66. The molecular formula is C20H25ClN2O4S. The molecule has 1 atom stereocenters. The Labute approximate surface area is 171 Å². The molecular weight excluding hydrogens is 400 g/mol. The lowest BCUT2D eigenvalue weighted by Gasteiger charge is -2.23. The van der Waals surface area contributed by atoms with Crippen molar-refractivity contribution in [3.8, 4) is 5.75 Å². The Hall–Kier alpha value is -2.25. The van der Waals surface area contributed by atoms with E-state index in [-0.39, 0.29) is 12.6 Å². The fourth-order valence-corrected chi connectivity index (χ4v) is 3.68. The van der Waals surface area contributed by atoms with Crippen molar-refractivity contribution in [3.63, 3.8) is 0 Å². The Morgan fingerprint density at radius 2 is 1.86 bits per heavy atom. The summed E-state index contributed by atoms with van der Waals surface area (Å²) in [5, 5.41) is 3.27. The van der Waals surface area contributed by atoms with Crippen LogP contribution < -0.4 is 14.4 Å². The van der Waals surface area contributed by atoms with Gasteiger partial charge in [0, 0.05) is 5.02 Å². The van der Waals surface area contributed by atoms with Gasteiger partial charge in [0.1, 0.15) is 12.3 Å². The van der Waals surface area contributed by atoms with E-state index < -0.39 is 15.9 Å². The molecule has 0 bridgehead atoms. The van der Waals surface area contributed by atoms with Crippen LogP contribution in [0.4, 0.5) is 5.69 Å². The largest absolute Gasteiger partial charge is 0.494 e. The van der Waals surface area contributed by atoms with Crippen LogP contribution >= 0.6 is 11.6 Å². The molecule has 152 valence electrons. The van der Waals surface area contributed by atoms with Crippen LogP contribution in [-0.4, -0.2) is 33.7 Å². The molecule has 0 aliphatic carbocycles. The van der Waals surface area contributed by atoms with Crippen molar-refractivity contribution in [1.29, 1.82) is 0 Å². The number of ether oxygens (including phenoxy) is 1. The summed E-state index contributed by atoms with van der Waals surface area (Å²) in [6.45, 7) is 5.81. The average Bonchev–Trinajstić information content (AvgIpc) is 2.62. The van der Waals surface area contributed by atoms with Crippen molar-refractivity contribution < 1.29 is 17.9 Å². The Morgan fingerprint density at radius 3 is 2.39 bits per heavy atom. The Bertz CT molecular complexity index is 930. The topological polar surface area (TPSA) is 75.7 Å². The first-order valence-electron chi connectivity index (χ1n) is 8.87. The molecule has 1 amide bonds. The maximum Gasteiger partial charge on any atom is 0.241 e. The van der Waals surface area contributed by atoms with E-state index >= 15 is 0 Å². The molecule has 0 saturated carbocycles. The van der Waals surface area contributed by atoms with E-state index in [1.807, 2.05) is 45.0 Å². The van der Waals surface area contributed by atoms with Crippen molar-refractivity contribution >= 4 is 33.2 Å². The SMILES string of the molecule is CCOc1ccc([C@H](C)NC(=O)CN(c2ccc(C)c(Cl)c2)S(C)(=O)=O)cc1. The molecule has 8 heteroatoms. The first-order chi connectivity index (χ1) is 13.1. The van der Waals surface area contributed by atoms with E-state index in [0.717, 1.165) is 27.4 Å². The average molecular weight is 425 g/mol. The van der Waals surface area contributed by atoms with Gasteiger partial charge in [-0.1, -0.05) is 29.8 Å². The summed E-state index contributed by atoms with van der Waals surface area (Å²) in [5.74, 6) is 0.341. The van der Waals surface area contributed by atoms with Gasteiger partial charge in [-0.05, 0) is 56.2 Å². The Kier molecular flexibility index (Phi) is 7.32. The van der Waals surface area contributed by atoms with Crippen LogP contribution in [-0.2, 0) is 14.8 Å². The van der Waals surface area contributed by atoms with E-state index in [9.17, 15) is 13.2 Å². The number of benzene rings is 2. The maximum absolute atomic E-state index is 12.5. The number of sulfonamides is 1. The van der Waals surface area contributed by atoms with Gasteiger partial charge < -0.3 is 10.1 Å². The van der Waals surface area contributed by atoms with Gasteiger partial charge in [-0.15, -0.1) is 0 Å². The van der Waals surface area contributed by atoms with Gasteiger partial charge in [0.15, 0.2) is 0 Å². The van der Waals surface area contributed by atoms with Crippen molar-refractivity contribution in [2.75, 3.05) is 23.7 Å². The first-order valence-corrected chi connectivity index (χ1v) is 11.1. The minimum Gasteiger partial charge on any atom is -0.494 e. The van der Waals surface area contributed by atoms with Crippen molar-refractivity contribution in [1.82, 2.24) is 5.32 Å². The molecule has 0 aliphatic heterocycles. The molecule has 0 radical (unpaired) electrons. The Morgan fingerprint density at radius 1 is 1.21 bits per heavy atom. The smallest absolute Gasteiger partial charge is 0.241 e. The highest BCUT2D eigenvalue weighted by atomic mass is 35.5. The monoisotopic (exact) mass is 424 g/mol. The van der Waals surface area contributed by atoms with E-state index in [4.69, 9.17) is 16.3 Å². The third-order valence-corrected chi connectivity index (χ3v) is 5.75. The molecule has 6 nitrogen and oxygen atoms in total. The number of aryl methyl sites for hydroxylation is 1. The molecule has 0 spiro atoms. The standard InChI is InChI=1S/C20H25ClN2O4S/c1-5-27-18-10-7-16(8-11-18)15(3)22-20(24)13-23(28(4,25)26)17-9-6-14(2)19(21)12-17/h6-12,15H,5,13H2,1-4H3,(H,22,24)/t15-/m0/s1. The lowest BCUT2D eigenvalue weighted by Crippen LogP contribution is -2.41. The van der Waals surface area contributed by atoms with Gasteiger partial charge in [0.2, 0.25) is 15.9 Å². The number of hydrogen-bond donors (Lipinski definition) is 1. The van der Waals surface area contributed by atoms with E-state index in [2.05, 4.69) is 5.32 Å².